The van der Waals surface area contributed by atoms with E-state index in [1.165, 1.54) is 4.90 Å². The molecule has 2 heterocycles. The Morgan fingerprint density at radius 1 is 1.03 bits per heavy atom. The molecule has 0 N–H and O–H groups in total. The third-order valence-electron chi connectivity index (χ3n) is 5.35. The van der Waals surface area contributed by atoms with Crippen LogP contribution in [0.4, 0.5) is 4.79 Å². The summed E-state index contributed by atoms with van der Waals surface area (Å²) in [4.78, 5) is 34.5. The Morgan fingerprint density at radius 2 is 1.78 bits per heavy atom. The van der Waals surface area contributed by atoms with Gasteiger partial charge in [0.25, 0.3) is 0 Å². The average molecular weight is 510 g/mol. The first-order valence-electron chi connectivity index (χ1n) is 11.6. The van der Waals surface area contributed by atoms with Crippen molar-refractivity contribution in [2.24, 2.45) is 0 Å². The Kier molecular flexibility index (Phi) is 7.45. The molecular weight excluding hydrogens is 482 g/mol. The van der Waals surface area contributed by atoms with Crippen LogP contribution in [0, 0.1) is 6.92 Å². The average Bonchev–Trinajstić information content (AvgIpc) is 3.39. The van der Waals surface area contributed by atoms with Crippen LogP contribution in [-0.2, 0) is 28.9 Å². The summed E-state index contributed by atoms with van der Waals surface area (Å²) >= 11 is 5.72. The molecule has 0 bridgehead atoms. The van der Waals surface area contributed by atoms with Crippen LogP contribution in [0.3, 0.4) is 0 Å². The molecule has 0 spiro atoms. The lowest BCUT2D eigenvalue weighted by molar-refractivity contribution is -0.155. The zero-order valence-corrected chi connectivity index (χ0v) is 21.5. The van der Waals surface area contributed by atoms with Crippen molar-refractivity contribution >= 4 is 34.0 Å². The van der Waals surface area contributed by atoms with Crippen LogP contribution in [0.1, 0.15) is 43.7 Å². The van der Waals surface area contributed by atoms with E-state index in [-0.39, 0.29) is 13.1 Å². The van der Waals surface area contributed by atoms with E-state index in [1.807, 2.05) is 49.4 Å². The monoisotopic (exact) mass is 509 g/mol. The molecule has 0 radical (unpaired) electrons. The van der Waals surface area contributed by atoms with E-state index in [4.69, 9.17) is 25.2 Å². The lowest BCUT2D eigenvalue weighted by Gasteiger charge is -2.23. The molecule has 36 heavy (non-hydrogen) atoms. The number of amides is 1. The van der Waals surface area contributed by atoms with E-state index < -0.39 is 16.9 Å². The molecule has 9 heteroatoms. The molecule has 1 amide bonds. The van der Waals surface area contributed by atoms with Crippen LogP contribution in [0.5, 0.6) is 0 Å². The third kappa shape index (κ3) is 6.51. The minimum atomic E-state index is -0.736. The number of hydrogen-bond acceptors (Lipinski definition) is 7. The highest BCUT2D eigenvalue weighted by Crippen LogP contribution is 2.24. The number of esters is 1. The maximum absolute atomic E-state index is 12.2. The Hall–Kier alpha value is -3.65. The van der Waals surface area contributed by atoms with Crippen LogP contribution in [-0.4, -0.2) is 38.3 Å². The summed E-state index contributed by atoms with van der Waals surface area (Å²) in [5, 5.41) is -0.736. The van der Waals surface area contributed by atoms with Gasteiger partial charge in [-0.15, -0.1) is 0 Å². The molecular formula is C27H28ClN3O5. The zero-order chi connectivity index (χ0) is 25.9. The number of hydrogen-bond donors (Lipinski definition) is 0. The van der Waals surface area contributed by atoms with Gasteiger partial charge in [-0.05, 0) is 69.1 Å². The maximum atomic E-state index is 12.2. The highest BCUT2D eigenvalue weighted by Gasteiger charge is 2.22. The van der Waals surface area contributed by atoms with Crippen molar-refractivity contribution in [1.82, 2.24) is 14.9 Å². The molecule has 188 valence electrons. The van der Waals surface area contributed by atoms with Gasteiger partial charge in [0, 0.05) is 24.9 Å². The fraction of sp³-hybridized carbons (Fsp3) is 0.333. The molecule has 0 aliphatic heterocycles. The maximum Gasteiger partial charge on any atom is 0.326 e. The summed E-state index contributed by atoms with van der Waals surface area (Å²) in [6.07, 6.45) is 1.17. The van der Waals surface area contributed by atoms with Gasteiger partial charge in [0.05, 0.1) is 5.69 Å². The van der Waals surface area contributed by atoms with E-state index in [2.05, 4.69) is 9.97 Å². The summed E-state index contributed by atoms with van der Waals surface area (Å²) in [7, 11) is 0. The molecule has 8 nitrogen and oxygen atoms in total. The fourth-order valence-electron chi connectivity index (χ4n) is 3.75. The Labute approximate surface area is 214 Å². The highest BCUT2D eigenvalue weighted by atomic mass is 35.5. The summed E-state index contributed by atoms with van der Waals surface area (Å²) in [6.45, 7) is 7.08. The minimum absolute atomic E-state index is 0.139. The number of ether oxygens (including phenoxy) is 1. The number of aryl methyl sites for hydroxylation is 3. The third-order valence-corrected chi connectivity index (χ3v) is 5.59. The molecule has 0 saturated heterocycles. The van der Waals surface area contributed by atoms with Gasteiger partial charge >= 0.3 is 11.3 Å². The number of benzene rings is 2. The molecule has 0 saturated carbocycles. The molecule has 4 aromatic rings. The standard InChI is InChI=1S/C27H28ClN3O5/c1-17-20(30-25(34-17)19-8-6-5-7-9-19)11-13-23-29-21-14-18(10-12-22(21)35-23)15-31(26(28)33)16-24(32)36-27(2,3)4/h5-10,12,14H,11,13,15-16H2,1-4H3. The molecule has 0 unspecified atom stereocenters. The molecule has 0 aliphatic carbocycles. The van der Waals surface area contributed by atoms with Gasteiger partial charge in [-0.3, -0.25) is 9.59 Å². The number of oxazole rings is 2. The number of carbonyl (C=O) groups excluding carboxylic acids is 2. The second-order valence-corrected chi connectivity index (χ2v) is 9.82. The second kappa shape index (κ2) is 10.5. The van der Waals surface area contributed by atoms with E-state index in [0.717, 1.165) is 22.6 Å². The van der Waals surface area contributed by atoms with Crippen LogP contribution in [0.2, 0.25) is 0 Å². The fourth-order valence-corrected chi connectivity index (χ4v) is 3.87. The van der Waals surface area contributed by atoms with Gasteiger partial charge in [-0.2, -0.15) is 0 Å². The normalized spacial score (nSPS) is 11.6. The molecule has 4 rings (SSSR count). The van der Waals surface area contributed by atoms with Crippen molar-refractivity contribution in [2.75, 3.05) is 6.54 Å². The van der Waals surface area contributed by atoms with Crippen LogP contribution in [0.25, 0.3) is 22.6 Å². The minimum Gasteiger partial charge on any atom is -0.459 e. The van der Waals surface area contributed by atoms with Gasteiger partial charge in [0.1, 0.15) is 23.4 Å². The number of fused-ring (bicyclic) bond motifs is 1. The Morgan fingerprint density at radius 3 is 2.47 bits per heavy atom. The lowest BCUT2D eigenvalue weighted by Crippen LogP contribution is -2.36. The van der Waals surface area contributed by atoms with Crippen LogP contribution < -0.4 is 0 Å². The Balaban J connectivity index is 1.42. The summed E-state index contributed by atoms with van der Waals surface area (Å²) < 4.78 is 17.0. The first kappa shape index (κ1) is 25.4. The largest absolute Gasteiger partial charge is 0.459 e. The Bertz CT molecular complexity index is 1370. The molecule has 0 aliphatic rings. The van der Waals surface area contributed by atoms with Crippen molar-refractivity contribution in [3.63, 3.8) is 0 Å². The quantitative estimate of drug-likeness (QED) is 0.161. The smallest absolute Gasteiger partial charge is 0.326 e. The summed E-state index contributed by atoms with van der Waals surface area (Å²) in [5.74, 6) is 1.41. The van der Waals surface area contributed by atoms with E-state index in [0.29, 0.717) is 35.7 Å². The van der Waals surface area contributed by atoms with Crippen LogP contribution in [0.15, 0.2) is 57.4 Å². The zero-order valence-electron chi connectivity index (χ0n) is 20.7. The second-order valence-electron chi connectivity index (χ2n) is 9.49. The van der Waals surface area contributed by atoms with E-state index in [1.54, 1.807) is 26.8 Å². The highest BCUT2D eigenvalue weighted by molar-refractivity contribution is 6.62. The van der Waals surface area contributed by atoms with Gasteiger partial charge in [0.15, 0.2) is 11.5 Å². The summed E-state index contributed by atoms with van der Waals surface area (Å²) in [6, 6.07) is 15.2. The molecule has 2 aromatic heterocycles. The van der Waals surface area contributed by atoms with Crippen molar-refractivity contribution < 1.29 is 23.2 Å². The number of carbonyl (C=O) groups is 2. The number of halogens is 1. The predicted molar refractivity (Wildman–Crippen MR) is 136 cm³/mol. The first-order chi connectivity index (χ1) is 17.1. The van der Waals surface area contributed by atoms with Crippen molar-refractivity contribution in [2.45, 2.75) is 52.7 Å². The van der Waals surface area contributed by atoms with Crippen molar-refractivity contribution in [1.29, 1.82) is 0 Å². The van der Waals surface area contributed by atoms with Crippen molar-refractivity contribution in [3.8, 4) is 11.5 Å². The lowest BCUT2D eigenvalue weighted by atomic mass is 10.2. The SMILES string of the molecule is Cc1oc(-c2ccccc2)nc1CCc1nc2cc(CN(CC(=O)OC(C)(C)C)C(=O)Cl)ccc2o1. The molecule has 2 aromatic carbocycles. The van der Waals surface area contributed by atoms with E-state index in [9.17, 15) is 9.59 Å². The van der Waals surface area contributed by atoms with Crippen LogP contribution >= 0.6 is 11.6 Å². The predicted octanol–water partition coefficient (Wildman–Crippen LogP) is 6.08. The van der Waals surface area contributed by atoms with E-state index >= 15 is 0 Å². The van der Waals surface area contributed by atoms with Crippen molar-refractivity contribution in [3.05, 3.63) is 71.4 Å². The number of aromatic nitrogens is 2. The first-order valence-corrected chi connectivity index (χ1v) is 12.0. The van der Waals surface area contributed by atoms with Gasteiger partial charge in [-0.1, -0.05) is 24.3 Å². The summed E-state index contributed by atoms with van der Waals surface area (Å²) in [5.41, 5.74) is 3.18. The topological polar surface area (TPSA) is 98.7 Å². The van der Waals surface area contributed by atoms with Gasteiger partial charge in [-0.25, -0.2) is 9.97 Å². The van der Waals surface area contributed by atoms with Gasteiger partial charge in [0.2, 0.25) is 5.89 Å². The molecule has 0 atom stereocenters. The molecule has 0 fully saturated rings. The number of nitrogens with zero attached hydrogens (tertiary/aromatic N) is 3. The number of rotatable bonds is 8. The van der Waals surface area contributed by atoms with Gasteiger partial charge < -0.3 is 18.5 Å².